The van der Waals surface area contributed by atoms with E-state index in [9.17, 15) is 0 Å². The molecular formula is C14H25BrN4O. The summed E-state index contributed by atoms with van der Waals surface area (Å²) in [5.74, 6) is 0. The fraction of sp³-hybridized carbons (Fsp3) is 0.786. The van der Waals surface area contributed by atoms with Crippen LogP contribution in [-0.4, -0.2) is 47.0 Å². The molecule has 1 saturated heterocycles. The van der Waals surface area contributed by atoms with Crippen LogP contribution in [0.25, 0.3) is 0 Å². The number of rotatable bonds is 5. The Balaban J connectivity index is 2.13. The zero-order chi connectivity index (χ0) is 14.7. The smallest absolute Gasteiger partial charge is 0.0739 e. The summed E-state index contributed by atoms with van der Waals surface area (Å²) >= 11 is 3.67. The van der Waals surface area contributed by atoms with E-state index in [2.05, 4.69) is 37.5 Å². The van der Waals surface area contributed by atoms with Gasteiger partial charge in [-0.15, -0.1) is 0 Å². The Morgan fingerprint density at radius 1 is 1.50 bits per heavy atom. The first-order chi connectivity index (χ1) is 9.60. The van der Waals surface area contributed by atoms with Crippen LogP contribution in [0.3, 0.4) is 0 Å². The van der Waals surface area contributed by atoms with Gasteiger partial charge in [0.2, 0.25) is 0 Å². The van der Waals surface area contributed by atoms with Gasteiger partial charge in [-0.2, -0.15) is 5.10 Å². The van der Waals surface area contributed by atoms with Gasteiger partial charge in [-0.1, -0.05) is 0 Å². The number of aromatic nitrogens is 2. The molecule has 0 aliphatic carbocycles. The Morgan fingerprint density at radius 3 is 2.85 bits per heavy atom. The van der Waals surface area contributed by atoms with Crippen LogP contribution >= 0.6 is 15.9 Å². The molecule has 1 aliphatic heterocycles. The average molecular weight is 345 g/mol. The van der Waals surface area contributed by atoms with Crippen molar-refractivity contribution in [3.8, 4) is 0 Å². The number of methoxy groups -OCH3 is 1. The van der Waals surface area contributed by atoms with Crippen molar-refractivity contribution in [2.75, 3.05) is 20.2 Å². The van der Waals surface area contributed by atoms with E-state index in [1.54, 1.807) is 7.11 Å². The lowest BCUT2D eigenvalue weighted by Gasteiger charge is -2.38. The first-order valence-corrected chi connectivity index (χ1v) is 8.08. The molecule has 2 heterocycles. The predicted octanol–water partition coefficient (Wildman–Crippen LogP) is 1.91. The van der Waals surface area contributed by atoms with E-state index < -0.39 is 0 Å². The average Bonchev–Trinajstić information content (AvgIpc) is 2.75. The molecule has 1 aromatic heterocycles. The third-order valence-electron chi connectivity index (χ3n) is 4.20. The maximum absolute atomic E-state index is 5.95. The lowest BCUT2D eigenvalue weighted by molar-refractivity contribution is 0.00925. The third kappa shape index (κ3) is 3.24. The monoisotopic (exact) mass is 344 g/mol. The Hall–Kier alpha value is -0.430. The molecule has 5 nitrogen and oxygen atoms in total. The SMILES string of the molecule is CCn1nc(C)c(Br)c1CN1CCC(OC)CC1CN. The van der Waals surface area contributed by atoms with Crippen LogP contribution in [0.2, 0.25) is 0 Å². The summed E-state index contributed by atoms with van der Waals surface area (Å²) in [6.07, 6.45) is 2.44. The van der Waals surface area contributed by atoms with Gasteiger partial charge in [-0.05, 0) is 42.6 Å². The summed E-state index contributed by atoms with van der Waals surface area (Å²) < 4.78 is 8.69. The largest absolute Gasteiger partial charge is 0.381 e. The summed E-state index contributed by atoms with van der Waals surface area (Å²) in [4.78, 5) is 2.46. The fourth-order valence-corrected chi connectivity index (χ4v) is 3.35. The van der Waals surface area contributed by atoms with Crippen molar-refractivity contribution in [1.82, 2.24) is 14.7 Å². The Bertz CT molecular complexity index is 449. The minimum absolute atomic E-state index is 0.348. The number of hydrogen-bond acceptors (Lipinski definition) is 4. The van der Waals surface area contributed by atoms with Crippen LogP contribution in [0.1, 0.15) is 31.2 Å². The number of hydrogen-bond donors (Lipinski definition) is 1. The molecule has 0 spiro atoms. The molecule has 1 fully saturated rings. The highest BCUT2D eigenvalue weighted by molar-refractivity contribution is 9.10. The summed E-state index contributed by atoms with van der Waals surface area (Å²) in [5, 5.41) is 4.56. The molecule has 114 valence electrons. The van der Waals surface area contributed by atoms with E-state index >= 15 is 0 Å². The van der Waals surface area contributed by atoms with Gasteiger partial charge >= 0.3 is 0 Å². The first-order valence-electron chi connectivity index (χ1n) is 7.29. The summed E-state index contributed by atoms with van der Waals surface area (Å²) in [6.45, 7) is 7.66. The summed E-state index contributed by atoms with van der Waals surface area (Å²) in [6, 6.07) is 0.390. The zero-order valence-electron chi connectivity index (χ0n) is 12.6. The fourth-order valence-electron chi connectivity index (χ4n) is 2.94. The number of likely N-dealkylation sites (tertiary alicyclic amines) is 1. The zero-order valence-corrected chi connectivity index (χ0v) is 14.2. The highest BCUT2D eigenvalue weighted by Gasteiger charge is 2.29. The van der Waals surface area contributed by atoms with E-state index in [1.165, 1.54) is 5.69 Å². The lowest BCUT2D eigenvalue weighted by Crippen LogP contribution is -2.48. The van der Waals surface area contributed by atoms with Gasteiger partial charge in [0.25, 0.3) is 0 Å². The van der Waals surface area contributed by atoms with E-state index in [0.29, 0.717) is 18.7 Å². The van der Waals surface area contributed by atoms with E-state index in [0.717, 1.165) is 42.6 Å². The number of piperidine rings is 1. The first kappa shape index (κ1) is 15.9. The second-order valence-corrected chi connectivity index (χ2v) is 6.20. The maximum Gasteiger partial charge on any atom is 0.0739 e. The minimum Gasteiger partial charge on any atom is -0.381 e. The van der Waals surface area contributed by atoms with Crippen molar-refractivity contribution in [3.63, 3.8) is 0 Å². The number of aryl methyl sites for hydroxylation is 2. The molecule has 2 atom stereocenters. The van der Waals surface area contributed by atoms with Gasteiger partial charge in [0.1, 0.15) is 0 Å². The Kier molecular flexibility index (Phi) is 5.60. The molecule has 0 amide bonds. The molecule has 0 radical (unpaired) electrons. The van der Waals surface area contributed by atoms with E-state index in [4.69, 9.17) is 10.5 Å². The highest BCUT2D eigenvalue weighted by atomic mass is 79.9. The molecule has 20 heavy (non-hydrogen) atoms. The minimum atomic E-state index is 0.348. The molecule has 1 aliphatic rings. The molecule has 0 aromatic carbocycles. The van der Waals surface area contributed by atoms with Crippen molar-refractivity contribution in [1.29, 1.82) is 0 Å². The predicted molar refractivity (Wildman–Crippen MR) is 83.6 cm³/mol. The van der Waals surface area contributed by atoms with Crippen molar-refractivity contribution in [2.45, 2.75) is 51.9 Å². The van der Waals surface area contributed by atoms with Crippen LogP contribution in [0.4, 0.5) is 0 Å². The topological polar surface area (TPSA) is 56.3 Å². The van der Waals surface area contributed by atoms with Gasteiger partial charge < -0.3 is 10.5 Å². The second-order valence-electron chi connectivity index (χ2n) is 5.40. The molecule has 2 rings (SSSR count). The maximum atomic E-state index is 5.95. The number of halogens is 1. The van der Waals surface area contributed by atoms with Crippen molar-refractivity contribution < 1.29 is 4.74 Å². The Labute approximate surface area is 129 Å². The molecule has 1 aromatic rings. The van der Waals surface area contributed by atoms with Gasteiger partial charge in [0.05, 0.1) is 22.0 Å². The highest BCUT2D eigenvalue weighted by Crippen LogP contribution is 2.26. The summed E-state index contributed by atoms with van der Waals surface area (Å²) in [5.41, 5.74) is 8.25. The normalized spacial score (nSPS) is 24.2. The van der Waals surface area contributed by atoms with Crippen LogP contribution in [0, 0.1) is 6.92 Å². The van der Waals surface area contributed by atoms with Gasteiger partial charge in [-0.25, -0.2) is 0 Å². The number of nitrogens with two attached hydrogens (primary N) is 1. The van der Waals surface area contributed by atoms with Gasteiger partial charge in [-0.3, -0.25) is 9.58 Å². The Morgan fingerprint density at radius 2 is 2.25 bits per heavy atom. The molecule has 0 bridgehead atoms. The van der Waals surface area contributed by atoms with Crippen LogP contribution < -0.4 is 5.73 Å². The quantitative estimate of drug-likeness (QED) is 0.886. The molecule has 6 heteroatoms. The molecular weight excluding hydrogens is 320 g/mol. The second kappa shape index (κ2) is 7.02. The van der Waals surface area contributed by atoms with Crippen molar-refractivity contribution in [2.24, 2.45) is 5.73 Å². The van der Waals surface area contributed by atoms with Gasteiger partial charge in [0.15, 0.2) is 0 Å². The molecule has 2 N–H and O–H groups in total. The van der Waals surface area contributed by atoms with Crippen molar-refractivity contribution in [3.05, 3.63) is 15.9 Å². The number of nitrogens with zero attached hydrogens (tertiary/aromatic N) is 3. The van der Waals surface area contributed by atoms with Crippen LogP contribution in [0.15, 0.2) is 4.47 Å². The van der Waals surface area contributed by atoms with E-state index in [1.807, 2.05) is 6.92 Å². The van der Waals surface area contributed by atoms with Gasteiger partial charge in [0, 0.05) is 39.3 Å². The van der Waals surface area contributed by atoms with Crippen LogP contribution in [0.5, 0.6) is 0 Å². The summed E-state index contributed by atoms with van der Waals surface area (Å²) in [7, 11) is 1.79. The van der Waals surface area contributed by atoms with E-state index in [-0.39, 0.29) is 0 Å². The molecule has 2 unspecified atom stereocenters. The van der Waals surface area contributed by atoms with Crippen LogP contribution in [-0.2, 0) is 17.8 Å². The standard InChI is InChI=1S/C14H25BrN4O/c1-4-19-13(14(15)10(2)17-19)9-18-6-5-12(20-3)7-11(18)8-16/h11-12H,4-9,16H2,1-3H3. The molecule has 0 saturated carbocycles. The third-order valence-corrected chi connectivity index (χ3v) is 5.23. The lowest BCUT2D eigenvalue weighted by atomic mass is 9.99. The van der Waals surface area contributed by atoms with Crippen molar-refractivity contribution >= 4 is 15.9 Å². The number of ether oxygens (including phenoxy) is 1.